The molecule has 1 N–H and O–H groups in total. The van der Waals surface area contributed by atoms with Gasteiger partial charge in [0.05, 0.1) is 17.7 Å². The summed E-state index contributed by atoms with van der Waals surface area (Å²) in [5.41, 5.74) is 2.76. The third-order valence-electron chi connectivity index (χ3n) is 5.51. The summed E-state index contributed by atoms with van der Waals surface area (Å²) in [5.74, 6) is 0. The maximum atomic E-state index is 10.8. The molecule has 0 spiro atoms. The van der Waals surface area contributed by atoms with Crippen molar-refractivity contribution in [1.29, 1.82) is 5.26 Å². The first-order chi connectivity index (χ1) is 13.1. The Morgan fingerprint density at radius 1 is 1.26 bits per heavy atom. The molecular formula is C21H28ClN3O2. The molecule has 1 aromatic carbocycles. The van der Waals surface area contributed by atoms with Gasteiger partial charge in [-0.25, -0.2) is 0 Å². The van der Waals surface area contributed by atoms with Crippen molar-refractivity contribution in [3.8, 4) is 6.07 Å². The number of piperidine rings is 2. The zero-order valence-corrected chi connectivity index (χ0v) is 16.7. The van der Waals surface area contributed by atoms with Gasteiger partial charge in [-0.3, -0.25) is 9.80 Å². The molecule has 5 nitrogen and oxygen atoms in total. The van der Waals surface area contributed by atoms with E-state index in [1.165, 1.54) is 0 Å². The van der Waals surface area contributed by atoms with E-state index in [2.05, 4.69) is 15.9 Å². The van der Waals surface area contributed by atoms with Gasteiger partial charge in [-0.15, -0.1) is 0 Å². The minimum Gasteiger partial charge on any atom is -0.378 e. The third-order valence-corrected chi connectivity index (χ3v) is 5.75. The molecule has 1 aromatic rings. The SMILES string of the molecule is CCOC1CCN([C@@H](O)N2CCC(=C(C#N)c3cccc(Cl)c3)CC2)CC1. The Morgan fingerprint density at radius 3 is 2.52 bits per heavy atom. The highest BCUT2D eigenvalue weighted by molar-refractivity contribution is 6.30. The molecule has 2 fully saturated rings. The van der Waals surface area contributed by atoms with Crippen LogP contribution in [0.5, 0.6) is 0 Å². The number of nitrogens with zero attached hydrogens (tertiary/aromatic N) is 3. The molecule has 0 unspecified atom stereocenters. The second-order valence-electron chi connectivity index (χ2n) is 7.17. The Labute approximate surface area is 166 Å². The number of allylic oxidation sites excluding steroid dienone is 1. The zero-order valence-electron chi connectivity index (χ0n) is 15.9. The van der Waals surface area contributed by atoms with Crippen LogP contribution in [0.3, 0.4) is 0 Å². The maximum absolute atomic E-state index is 10.8. The lowest BCUT2D eigenvalue weighted by molar-refractivity contribution is -0.133. The van der Waals surface area contributed by atoms with Crippen LogP contribution in [0, 0.1) is 11.3 Å². The number of hydrogen-bond acceptors (Lipinski definition) is 5. The first-order valence-corrected chi connectivity index (χ1v) is 10.2. The normalized spacial score (nSPS) is 21.0. The molecule has 146 valence electrons. The molecule has 1 atom stereocenters. The highest BCUT2D eigenvalue weighted by Gasteiger charge is 2.30. The lowest BCUT2D eigenvalue weighted by Crippen LogP contribution is -2.53. The molecule has 2 aliphatic heterocycles. The predicted octanol–water partition coefficient (Wildman–Crippen LogP) is 3.49. The summed E-state index contributed by atoms with van der Waals surface area (Å²) in [6.07, 6.45) is 3.30. The van der Waals surface area contributed by atoms with Gasteiger partial charge in [-0.2, -0.15) is 5.26 Å². The second kappa shape index (κ2) is 9.68. The van der Waals surface area contributed by atoms with E-state index in [9.17, 15) is 10.4 Å². The zero-order chi connectivity index (χ0) is 19.2. The van der Waals surface area contributed by atoms with Crippen molar-refractivity contribution >= 4 is 17.2 Å². The molecule has 0 saturated carbocycles. The summed E-state index contributed by atoms with van der Waals surface area (Å²) in [6.45, 7) is 6.01. The number of benzene rings is 1. The number of hydrogen-bond donors (Lipinski definition) is 1. The number of nitriles is 1. The van der Waals surface area contributed by atoms with Gasteiger partial charge in [-0.1, -0.05) is 23.7 Å². The van der Waals surface area contributed by atoms with Crippen molar-refractivity contribution in [1.82, 2.24) is 9.80 Å². The molecule has 0 aliphatic carbocycles. The van der Waals surface area contributed by atoms with E-state index >= 15 is 0 Å². The standard InChI is InChI=1S/C21H28ClN3O2/c1-2-27-19-8-12-25(13-9-19)21(26)24-10-6-16(7-11-24)20(15-23)17-4-3-5-18(22)14-17/h3-5,14,19,21,26H,2,6-13H2,1H3/t21-/m0/s1. The average Bonchev–Trinajstić information content (AvgIpc) is 2.69. The van der Waals surface area contributed by atoms with Gasteiger partial charge in [0, 0.05) is 37.8 Å². The quantitative estimate of drug-likeness (QED) is 0.781. The highest BCUT2D eigenvalue weighted by atomic mass is 35.5. The number of aliphatic hydroxyl groups is 1. The molecule has 0 amide bonds. The van der Waals surface area contributed by atoms with Crippen LogP contribution < -0.4 is 0 Å². The van der Waals surface area contributed by atoms with Crippen molar-refractivity contribution < 1.29 is 9.84 Å². The van der Waals surface area contributed by atoms with Gasteiger partial charge in [0.15, 0.2) is 6.35 Å². The van der Waals surface area contributed by atoms with Crippen LogP contribution in [0.4, 0.5) is 0 Å². The number of halogens is 1. The first-order valence-electron chi connectivity index (χ1n) is 9.78. The van der Waals surface area contributed by atoms with E-state index in [1.807, 2.05) is 31.2 Å². The van der Waals surface area contributed by atoms with E-state index in [0.29, 0.717) is 11.1 Å². The van der Waals surface area contributed by atoms with E-state index < -0.39 is 6.35 Å². The fourth-order valence-corrected chi connectivity index (χ4v) is 4.20. The third kappa shape index (κ3) is 5.10. The van der Waals surface area contributed by atoms with Gasteiger partial charge in [0.1, 0.15) is 0 Å². The van der Waals surface area contributed by atoms with Crippen LogP contribution in [0.1, 0.15) is 38.2 Å². The van der Waals surface area contributed by atoms with E-state index in [4.69, 9.17) is 16.3 Å². The van der Waals surface area contributed by atoms with Crippen LogP contribution in [0.15, 0.2) is 29.8 Å². The number of rotatable bonds is 5. The Balaban J connectivity index is 1.59. The molecule has 3 rings (SSSR count). The molecule has 6 heteroatoms. The van der Waals surface area contributed by atoms with Crippen LogP contribution in [0.25, 0.3) is 5.57 Å². The van der Waals surface area contributed by atoms with Gasteiger partial charge < -0.3 is 9.84 Å². The summed E-state index contributed by atoms with van der Waals surface area (Å²) in [7, 11) is 0. The molecule has 27 heavy (non-hydrogen) atoms. The molecular weight excluding hydrogens is 362 g/mol. The van der Waals surface area contributed by atoms with Crippen molar-refractivity contribution in [3.05, 3.63) is 40.4 Å². The average molecular weight is 390 g/mol. The monoisotopic (exact) mass is 389 g/mol. The molecule has 0 bridgehead atoms. The Kier molecular flexibility index (Phi) is 7.28. The number of ether oxygens (including phenoxy) is 1. The molecule has 0 aromatic heterocycles. The van der Waals surface area contributed by atoms with Crippen LogP contribution in [-0.2, 0) is 4.74 Å². The van der Waals surface area contributed by atoms with Crippen molar-refractivity contribution in [2.24, 2.45) is 0 Å². The summed E-state index contributed by atoms with van der Waals surface area (Å²) in [6, 6.07) is 9.82. The van der Waals surface area contributed by atoms with Crippen molar-refractivity contribution in [2.75, 3.05) is 32.8 Å². The summed E-state index contributed by atoms with van der Waals surface area (Å²) in [4.78, 5) is 4.24. The Bertz CT molecular complexity index is 698. The second-order valence-corrected chi connectivity index (χ2v) is 7.61. The summed E-state index contributed by atoms with van der Waals surface area (Å²) < 4.78 is 5.69. The van der Waals surface area contributed by atoms with E-state index in [-0.39, 0.29) is 0 Å². The molecule has 2 saturated heterocycles. The Morgan fingerprint density at radius 2 is 1.93 bits per heavy atom. The van der Waals surface area contributed by atoms with Crippen LogP contribution >= 0.6 is 11.6 Å². The van der Waals surface area contributed by atoms with E-state index in [0.717, 1.165) is 75.2 Å². The molecule has 0 radical (unpaired) electrons. The molecule has 2 aliphatic rings. The molecule has 2 heterocycles. The van der Waals surface area contributed by atoms with Gasteiger partial charge in [0.2, 0.25) is 0 Å². The first kappa shape index (κ1) is 20.3. The summed E-state index contributed by atoms with van der Waals surface area (Å²) in [5, 5.41) is 21.0. The lowest BCUT2D eigenvalue weighted by Gasteiger charge is -2.41. The minimum absolute atomic E-state index is 0.324. The number of aliphatic hydroxyl groups excluding tert-OH is 1. The van der Waals surface area contributed by atoms with Crippen LogP contribution in [0.2, 0.25) is 5.02 Å². The van der Waals surface area contributed by atoms with Crippen LogP contribution in [-0.4, -0.2) is 60.1 Å². The summed E-state index contributed by atoms with van der Waals surface area (Å²) >= 11 is 6.08. The lowest BCUT2D eigenvalue weighted by atomic mass is 9.94. The fraction of sp³-hybridized carbons (Fsp3) is 0.571. The van der Waals surface area contributed by atoms with Crippen molar-refractivity contribution in [3.63, 3.8) is 0 Å². The smallest absolute Gasteiger partial charge is 0.165 e. The van der Waals surface area contributed by atoms with Gasteiger partial charge in [-0.05, 0) is 55.9 Å². The number of likely N-dealkylation sites (tertiary alicyclic amines) is 2. The maximum Gasteiger partial charge on any atom is 0.165 e. The topological polar surface area (TPSA) is 59.7 Å². The van der Waals surface area contributed by atoms with Gasteiger partial charge in [0.25, 0.3) is 0 Å². The minimum atomic E-state index is -0.550. The van der Waals surface area contributed by atoms with Gasteiger partial charge >= 0.3 is 0 Å². The predicted molar refractivity (Wildman–Crippen MR) is 107 cm³/mol. The van der Waals surface area contributed by atoms with Crippen molar-refractivity contribution in [2.45, 2.75) is 45.1 Å². The Hall–Kier alpha value is -1.42. The highest BCUT2D eigenvalue weighted by Crippen LogP contribution is 2.29. The fourth-order valence-electron chi connectivity index (χ4n) is 4.01. The van der Waals surface area contributed by atoms with E-state index in [1.54, 1.807) is 0 Å². The largest absolute Gasteiger partial charge is 0.378 e.